The number of thiophene rings is 1. The summed E-state index contributed by atoms with van der Waals surface area (Å²) in [6.07, 6.45) is 7.20. The van der Waals surface area contributed by atoms with Crippen LogP contribution in [-0.4, -0.2) is 39.6 Å². The standard InChI is InChI=1S/C19H25N3OS2/c1-12-6-5-9-22(10-12)16(23)11-24-18-17-14-7-3-4-8-15(14)25-19(17)21-13(2)20-18/h12H,3-11H2,1-2H3/t12-/m1/s1. The molecule has 4 nitrogen and oxygen atoms in total. The van der Waals surface area contributed by atoms with Crippen molar-refractivity contribution in [2.75, 3.05) is 18.8 Å². The van der Waals surface area contributed by atoms with Gasteiger partial charge in [-0.1, -0.05) is 18.7 Å². The van der Waals surface area contributed by atoms with Gasteiger partial charge in [0.2, 0.25) is 5.91 Å². The number of thioether (sulfide) groups is 1. The highest BCUT2D eigenvalue weighted by atomic mass is 32.2. The number of nitrogens with zero attached hydrogens (tertiary/aromatic N) is 3. The second kappa shape index (κ2) is 7.23. The third kappa shape index (κ3) is 3.56. The minimum atomic E-state index is 0.255. The van der Waals surface area contributed by atoms with Crippen LogP contribution in [0.2, 0.25) is 0 Å². The van der Waals surface area contributed by atoms with E-state index in [0.717, 1.165) is 41.6 Å². The van der Waals surface area contributed by atoms with Gasteiger partial charge >= 0.3 is 0 Å². The molecule has 1 aliphatic carbocycles. The summed E-state index contributed by atoms with van der Waals surface area (Å²) in [5, 5.41) is 2.25. The van der Waals surface area contributed by atoms with E-state index in [0.29, 0.717) is 11.7 Å². The summed E-state index contributed by atoms with van der Waals surface area (Å²) in [5.41, 5.74) is 1.45. The predicted molar refractivity (Wildman–Crippen MR) is 104 cm³/mol. The lowest BCUT2D eigenvalue weighted by Gasteiger charge is -2.30. The number of hydrogen-bond acceptors (Lipinski definition) is 5. The number of carbonyl (C=O) groups is 1. The van der Waals surface area contributed by atoms with Crippen LogP contribution in [0.4, 0.5) is 0 Å². The molecule has 1 amide bonds. The Kier molecular flexibility index (Phi) is 5.00. The molecule has 1 atom stereocenters. The number of carbonyl (C=O) groups excluding carboxylic acids is 1. The van der Waals surface area contributed by atoms with E-state index in [1.54, 1.807) is 11.8 Å². The molecule has 25 heavy (non-hydrogen) atoms. The van der Waals surface area contributed by atoms with Crippen LogP contribution in [0.15, 0.2) is 5.03 Å². The van der Waals surface area contributed by atoms with Gasteiger partial charge in [0.15, 0.2) is 0 Å². The van der Waals surface area contributed by atoms with Crippen LogP contribution in [0.3, 0.4) is 0 Å². The number of likely N-dealkylation sites (tertiary alicyclic amines) is 1. The van der Waals surface area contributed by atoms with Gasteiger partial charge < -0.3 is 4.90 Å². The van der Waals surface area contributed by atoms with Crippen LogP contribution in [0.5, 0.6) is 0 Å². The maximum Gasteiger partial charge on any atom is 0.232 e. The number of amides is 1. The van der Waals surface area contributed by atoms with Crippen LogP contribution in [0.25, 0.3) is 10.2 Å². The first-order chi connectivity index (χ1) is 12.1. The number of piperidine rings is 1. The Balaban J connectivity index is 1.56. The molecule has 0 spiro atoms. The summed E-state index contributed by atoms with van der Waals surface area (Å²) in [6, 6.07) is 0. The van der Waals surface area contributed by atoms with E-state index in [4.69, 9.17) is 4.98 Å². The Bertz CT molecular complexity index is 802. The molecule has 134 valence electrons. The molecule has 2 aromatic heterocycles. The van der Waals surface area contributed by atoms with E-state index in [9.17, 15) is 4.79 Å². The summed E-state index contributed by atoms with van der Waals surface area (Å²) >= 11 is 3.44. The van der Waals surface area contributed by atoms with E-state index >= 15 is 0 Å². The highest BCUT2D eigenvalue weighted by molar-refractivity contribution is 8.00. The van der Waals surface area contributed by atoms with Crippen molar-refractivity contribution < 1.29 is 4.79 Å². The van der Waals surface area contributed by atoms with Crippen molar-refractivity contribution in [3.05, 3.63) is 16.3 Å². The first-order valence-corrected chi connectivity index (χ1v) is 11.1. The Hall–Kier alpha value is -1.14. The molecule has 0 saturated carbocycles. The van der Waals surface area contributed by atoms with Gasteiger partial charge in [-0.2, -0.15) is 0 Å². The normalized spacial score (nSPS) is 20.7. The zero-order valence-electron chi connectivity index (χ0n) is 15.0. The molecule has 1 fully saturated rings. The van der Waals surface area contributed by atoms with E-state index in [1.165, 1.54) is 41.5 Å². The average molecular weight is 376 g/mol. The van der Waals surface area contributed by atoms with Crippen LogP contribution in [0, 0.1) is 12.8 Å². The highest BCUT2D eigenvalue weighted by Crippen LogP contribution is 2.39. The third-order valence-corrected chi connectivity index (χ3v) is 7.38. The fraction of sp³-hybridized carbons (Fsp3) is 0.632. The van der Waals surface area contributed by atoms with E-state index in [2.05, 4.69) is 11.9 Å². The Labute approximate surface area is 157 Å². The van der Waals surface area contributed by atoms with Crippen LogP contribution >= 0.6 is 23.1 Å². The Morgan fingerprint density at radius 2 is 2.12 bits per heavy atom. The van der Waals surface area contributed by atoms with Crippen molar-refractivity contribution in [3.8, 4) is 0 Å². The van der Waals surface area contributed by atoms with E-state index in [1.807, 2.05) is 23.2 Å². The maximum absolute atomic E-state index is 12.6. The first kappa shape index (κ1) is 17.3. The molecule has 1 aliphatic heterocycles. The van der Waals surface area contributed by atoms with Gasteiger partial charge in [0, 0.05) is 23.4 Å². The minimum Gasteiger partial charge on any atom is -0.342 e. The molecular weight excluding hydrogens is 350 g/mol. The highest BCUT2D eigenvalue weighted by Gasteiger charge is 2.24. The van der Waals surface area contributed by atoms with Crippen molar-refractivity contribution in [3.63, 3.8) is 0 Å². The van der Waals surface area contributed by atoms with E-state index < -0.39 is 0 Å². The molecule has 0 unspecified atom stereocenters. The maximum atomic E-state index is 12.6. The van der Waals surface area contributed by atoms with Gasteiger partial charge in [-0.15, -0.1) is 11.3 Å². The average Bonchev–Trinajstić information content (AvgIpc) is 2.97. The van der Waals surface area contributed by atoms with Gasteiger partial charge in [0.1, 0.15) is 15.7 Å². The van der Waals surface area contributed by atoms with Crippen molar-refractivity contribution in [1.82, 2.24) is 14.9 Å². The summed E-state index contributed by atoms with van der Waals surface area (Å²) in [6.45, 7) is 6.01. The second-order valence-corrected chi connectivity index (χ2v) is 9.39. The van der Waals surface area contributed by atoms with Crippen molar-refractivity contribution >= 4 is 39.2 Å². The lowest BCUT2D eigenvalue weighted by molar-refractivity contribution is -0.130. The monoisotopic (exact) mass is 375 g/mol. The number of rotatable bonds is 3. The van der Waals surface area contributed by atoms with Crippen LogP contribution < -0.4 is 0 Å². The fourth-order valence-electron chi connectivity index (χ4n) is 3.97. The molecule has 2 aromatic rings. The van der Waals surface area contributed by atoms with Crippen LogP contribution in [0.1, 0.15) is 48.9 Å². The predicted octanol–water partition coefficient (Wildman–Crippen LogP) is 4.23. The number of aromatic nitrogens is 2. The van der Waals surface area contributed by atoms with Crippen molar-refractivity contribution in [2.45, 2.75) is 57.4 Å². The van der Waals surface area contributed by atoms with E-state index in [-0.39, 0.29) is 5.91 Å². The van der Waals surface area contributed by atoms with Gasteiger partial charge in [0.25, 0.3) is 0 Å². The molecule has 0 bridgehead atoms. The topological polar surface area (TPSA) is 46.1 Å². The minimum absolute atomic E-state index is 0.255. The number of aryl methyl sites for hydroxylation is 3. The molecule has 3 heterocycles. The molecule has 1 saturated heterocycles. The fourth-order valence-corrected chi connectivity index (χ4v) is 6.34. The molecule has 6 heteroatoms. The summed E-state index contributed by atoms with van der Waals surface area (Å²) < 4.78 is 0. The first-order valence-electron chi connectivity index (χ1n) is 9.31. The summed E-state index contributed by atoms with van der Waals surface area (Å²) in [7, 11) is 0. The Morgan fingerprint density at radius 3 is 2.96 bits per heavy atom. The molecule has 0 aromatic carbocycles. The van der Waals surface area contributed by atoms with Gasteiger partial charge in [-0.25, -0.2) is 9.97 Å². The zero-order chi connectivity index (χ0) is 17.4. The number of hydrogen-bond donors (Lipinski definition) is 0. The van der Waals surface area contributed by atoms with Gasteiger partial charge in [-0.3, -0.25) is 4.79 Å². The van der Waals surface area contributed by atoms with Gasteiger partial charge in [0.05, 0.1) is 5.75 Å². The molecule has 4 rings (SSSR count). The largest absolute Gasteiger partial charge is 0.342 e. The summed E-state index contributed by atoms with van der Waals surface area (Å²) in [4.78, 5) is 26.6. The van der Waals surface area contributed by atoms with Crippen molar-refractivity contribution in [2.24, 2.45) is 5.92 Å². The van der Waals surface area contributed by atoms with Crippen LogP contribution in [-0.2, 0) is 17.6 Å². The molecule has 0 radical (unpaired) electrons. The second-order valence-electron chi connectivity index (χ2n) is 7.34. The lowest BCUT2D eigenvalue weighted by atomic mass is 9.97. The molecular formula is C19H25N3OS2. The van der Waals surface area contributed by atoms with Gasteiger partial charge in [-0.05, 0) is 56.9 Å². The molecule has 2 aliphatic rings. The third-order valence-electron chi connectivity index (χ3n) is 5.24. The SMILES string of the molecule is Cc1nc(SCC(=O)N2CCC[C@@H](C)C2)c2c3c(sc2n1)CCCC3. The number of fused-ring (bicyclic) bond motifs is 3. The lowest BCUT2D eigenvalue weighted by Crippen LogP contribution is -2.40. The smallest absolute Gasteiger partial charge is 0.232 e. The Morgan fingerprint density at radius 1 is 1.28 bits per heavy atom. The zero-order valence-corrected chi connectivity index (χ0v) is 16.6. The molecule has 0 N–H and O–H groups in total. The summed E-state index contributed by atoms with van der Waals surface area (Å²) in [5.74, 6) is 2.18. The quantitative estimate of drug-likeness (QED) is 0.595. The van der Waals surface area contributed by atoms with Crippen molar-refractivity contribution in [1.29, 1.82) is 0 Å².